The fraction of sp³-hybridized carbons (Fsp3) is 0.0500. The molecule has 9 heteroatoms. The van der Waals surface area contributed by atoms with Crippen molar-refractivity contribution in [2.75, 3.05) is 11.1 Å². The number of thioether (sulfide) groups is 1. The van der Waals surface area contributed by atoms with Gasteiger partial charge < -0.3 is 9.73 Å². The van der Waals surface area contributed by atoms with E-state index in [2.05, 4.69) is 16.2 Å². The highest BCUT2D eigenvalue weighted by atomic mass is 32.2. The molecule has 29 heavy (non-hydrogen) atoms. The van der Waals surface area contributed by atoms with Crippen LogP contribution in [0, 0.1) is 5.82 Å². The molecule has 7 nitrogen and oxygen atoms in total. The first-order valence-corrected chi connectivity index (χ1v) is 9.43. The average Bonchev–Trinajstić information content (AvgIpc) is 3.27. The topological polar surface area (TPSA) is 100 Å². The van der Waals surface area contributed by atoms with Crippen LogP contribution in [0.3, 0.4) is 0 Å². The first-order valence-electron chi connectivity index (χ1n) is 8.44. The summed E-state index contributed by atoms with van der Waals surface area (Å²) >= 11 is 1.02. The zero-order valence-corrected chi connectivity index (χ0v) is 15.8. The van der Waals surface area contributed by atoms with Gasteiger partial charge in [0, 0.05) is 16.1 Å². The van der Waals surface area contributed by atoms with Crippen LogP contribution in [0.2, 0.25) is 0 Å². The molecule has 0 bridgehead atoms. The van der Waals surface area contributed by atoms with E-state index in [1.807, 2.05) is 0 Å². The Bertz CT molecular complexity index is 1010. The average molecular weight is 413 g/mol. The Morgan fingerprint density at radius 2 is 1.66 bits per heavy atom. The van der Waals surface area contributed by atoms with Gasteiger partial charge in [-0.05, 0) is 48.5 Å². The third kappa shape index (κ3) is 5.69. The van der Waals surface area contributed by atoms with Crippen molar-refractivity contribution in [1.29, 1.82) is 0 Å². The van der Waals surface area contributed by atoms with Gasteiger partial charge in [-0.25, -0.2) is 4.39 Å². The molecule has 0 aliphatic carbocycles. The maximum atomic E-state index is 13.5. The fourth-order valence-corrected chi connectivity index (χ4v) is 2.98. The lowest BCUT2D eigenvalue weighted by molar-refractivity contribution is -0.119. The molecule has 1 aromatic heterocycles. The molecule has 3 amide bonds. The summed E-state index contributed by atoms with van der Waals surface area (Å²) in [5, 5.41) is 2.63. The maximum Gasteiger partial charge on any atom is 0.291 e. The molecule has 3 aromatic rings. The van der Waals surface area contributed by atoms with Crippen LogP contribution in [0.4, 0.5) is 10.1 Å². The van der Waals surface area contributed by atoms with Crippen molar-refractivity contribution < 1.29 is 23.2 Å². The zero-order chi connectivity index (χ0) is 20.6. The van der Waals surface area contributed by atoms with E-state index >= 15 is 0 Å². The Morgan fingerprint density at radius 1 is 0.897 bits per heavy atom. The zero-order valence-electron chi connectivity index (χ0n) is 15.0. The predicted octanol–water partition coefficient (Wildman–Crippen LogP) is 3.22. The van der Waals surface area contributed by atoms with E-state index < -0.39 is 23.5 Å². The van der Waals surface area contributed by atoms with Gasteiger partial charge in [-0.15, -0.1) is 11.8 Å². The van der Waals surface area contributed by atoms with E-state index in [0.29, 0.717) is 10.6 Å². The van der Waals surface area contributed by atoms with Crippen LogP contribution in [0.15, 0.2) is 76.2 Å². The minimum atomic E-state index is -0.529. The Labute approximate surface area is 169 Å². The predicted molar refractivity (Wildman–Crippen MR) is 106 cm³/mol. The lowest BCUT2D eigenvalue weighted by Crippen LogP contribution is -2.42. The second kappa shape index (κ2) is 9.56. The van der Waals surface area contributed by atoms with Gasteiger partial charge in [0.25, 0.3) is 11.8 Å². The van der Waals surface area contributed by atoms with Crippen LogP contribution < -0.4 is 16.2 Å². The van der Waals surface area contributed by atoms with E-state index in [1.54, 1.807) is 36.4 Å². The van der Waals surface area contributed by atoms with E-state index in [1.165, 1.54) is 30.5 Å². The normalized spacial score (nSPS) is 10.2. The summed E-state index contributed by atoms with van der Waals surface area (Å²) in [5.74, 6) is -1.71. The Hall–Kier alpha value is -3.59. The fourth-order valence-electron chi connectivity index (χ4n) is 2.25. The Kier molecular flexibility index (Phi) is 6.64. The van der Waals surface area contributed by atoms with Crippen LogP contribution in [0.25, 0.3) is 0 Å². The quantitative estimate of drug-likeness (QED) is 0.426. The van der Waals surface area contributed by atoms with Crippen LogP contribution in [0.5, 0.6) is 0 Å². The molecule has 3 rings (SSSR count). The third-order valence-corrected chi connectivity index (χ3v) is 4.71. The van der Waals surface area contributed by atoms with Gasteiger partial charge in [0.15, 0.2) is 5.76 Å². The Morgan fingerprint density at radius 3 is 2.34 bits per heavy atom. The summed E-state index contributed by atoms with van der Waals surface area (Å²) < 4.78 is 18.5. The molecule has 0 saturated carbocycles. The molecule has 148 valence electrons. The number of nitrogens with one attached hydrogen (secondary N) is 3. The summed E-state index contributed by atoms with van der Waals surface area (Å²) in [7, 11) is 0. The summed E-state index contributed by atoms with van der Waals surface area (Å²) in [6.45, 7) is 0. The smallest absolute Gasteiger partial charge is 0.291 e. The lowest BCUT2D eigenvalue weighted by Gasteiger charge is -2.08. The first-order chi connectivity index (χ1) is 14.0. The van der Waals surface area contributed by atoms with Gasteiger partial charge >= 0.3 is 0 Å². The molecule has 0 spiro atoms. The molecule has 1 heterocycles. The highest BCUT2D eigenvalue weighted by Gasteiger charge is 2.11. The molecule has 3 N–H and O–H groups in total. The number of hydrogen-bond acceptors (Lipinski definition) is 5. The summed E-state index contributed by atoms with van der Waals surface area (Å²) in [6.07, 6.45) is 1.39. The number of benzene rings is 2. The number of furan rings is 1. The molecule has 0 atom stereocenters. The number of halogens is 1. The highest BCUT2D eigenvalue weighted by molar-refractivity contribution is 8.00. The van der Waals surface area contributed by atoms with Crippen LogP contribution in [-0.2, 0) is 4.79 Å². The number of hydrogen-bond donors (Lipinski definition) is 3. The lowest BCUT2D eigenvalue weighted by atomic mass is 10.2. The summed E-state index contributed by atoms with van der Waals surface area (Å²) in [4.78, 5) is 36.2. The standard InChI is InChI=1S/C20H16FN3O4S/c21-15-4-1-2-6-17(15)29-12-18(25)23-24-19(26)13-7-9-14(10-8-13)22-20(27)16-5-3-11-28-16/h1-11H,12H2,(H,22,27)(H,23,25)(H,24,26). The largest absolute Gasteiger partial charge is 0.459 e. The second-order valence-electron chi connectivity index (χ2n) is 5.73. The van der Waals surface area contributed by atoms with Gasteiger partial charge in [-0.2, -0.15) is 0 Å². The maximum absolute atomic E-state index is 13.5. The number of amides is 3. The molecular weight excluding hydrogens is 397 g/mol. The van der Waals surface area contributed by atoms with Crippen molar-refractivity contribution in [3.05, 3.63) is 84.1 Å². The summed E-state index contributed by atoms with van der Waals surface area (Å²) in [5.41, 5.74) is 5.32. The molecule has 0 unspecified atom stereocenters. The molecule has 0 radical (unpaired) electrons. The third-order valence-electron chi connectivity index (χ3n) is 3.66. The molecule has 0 aliphatic rings. The molecule has 0 saturated heterocycles. The van der Waals surface area contributed by atoms with Crippen molar-refractivity contribution in [3.8, 4) is 0 Å². The van der Waals surface area contributed by atoms with Gasteiger partial charge in [-0.3, -0.25) is 25.2 Å². The molecule has 0 fully saturated rings. The minimum Gasteiger partial charge on any atom is -0.459 e. The second-order valence-corrected chi connectivity index (χ2v) is 6.75. The van der Waals surface area contributed by atoms with E-state index in [9.17, 15) is 18.8 Å². The van der Waals surface area contributed by atoms with Gasteiger partial charge in [0.2, 0.25) is 5.91 Å². The van der Waals surface area contributed by atoms with Crippen molar-refractivity contribution in [3.63, 3.8) is 0 Å². The van der Waals surface area contributed by atoms with Gasteiger partial charge in [0.05, 0.1) is 12.0 Å². The number of carbonyl (C=O) groups is 3. The monoisotopic (exact) mass is 413 g/mol. The summed E-state index contributed by atoms with van der Waals surface area (Å²) in [6, 6.07) is 15.3. The van der Waals surface area contributed by atoms with Gasteiger partial charge in [0.1, 0.15) is 5.82 Å². The van der Waals surface area contributed by atoms with Crippen molar-refractivity contribution >= 4 is 35.2 Å². The molecular formula is C20H16FN3O4S. The highest BCUT2D eigenvalue weighted by Crippen LogP contribution is 2.20. The number of anilines is 1. The van der Waals surface area contributed by atoms with Crippen LogP contribution >= 0.6 is 11.8 Å². The van der Waals surface area contributed by atoms with E-state index in [-0.39, 0.29) is 17.1 Å². The van der Waals surface area contributed by atoms with Crippen molar-refractivity contribution in [2.45, 2.75) is 4.90 Å². The number of rotatable bonds is 6. The minimum absolute atomic E-state index is 0.0566. The molecule has 0 aliphatic heterocycles. The van der Waals surface area contributed by atoms with Crippen molar-refractivity contribution in [2.24, 2.45) is 0 Å². The Balaban J connectivity index is 1.46. The van der Waals surface area contributed by atoms with Crippen molar-refractivity contribution in [1.82, 2.24) is 10.9 Å². The van der Waals surface area contributed by atoms with Gasteiger partial charge in [-0.1, -0.05) is 12.1 Å². The number of hydrazine groups is 1. The van der Waals surface area contributed by atoms with Crippen LogP contribution in [-0.4, -0.2) is 23.5 Å². The van der Waals surface area contributed by atoms with E-state index in [0.717, 1.165) is 11.8 Å². The van der Waals surface area contributed by atoms with Crippen LogP contribution in [0.1, 0.15) is 20.9 Å². The SMILES string of the molecule is O=C(CSc1ccccc1F)NNC(=O)c1ccc(NC(=O)c2ccco2)cc1. The number of carbonyl (C=O) groups excluding carboxylic acids is 3. The molecule has 2 aromatic carbocycles. The van der Waals surface area contributed by atoms with E-state index in [4.69, 9.17) is 4.42 Å². The first kappa shape index (κ1) is 20.2.